The monoisotopic (exact) mass is 336 g/mol. The fourth-order valence-corrected chi connectivity index (χ4v) is 3.13. The molecule has 2 aromatic rings. The predicted octanol–water partition coefficient (Wildman–Crippen LogP) is 1.77. The van der Waals surface area contributed by atoms with Gasteiger partial charge in [-0.2, -0.15) is 0 Å². The maximum atomic E-state index is 11.9. The molecule has 0 spiro atoms. The Kier molecular flexibility index (Phi) is 3.74. The molecule has 4 rings (SSSR count). The summed E-state index contributed by atoms with van der Waals surface area (Å²) in [6, 6.07) is 15.3. The van der Waals surface area contributed by atoms with E-state index in [1.807, 2.05) is 60.7 Å². The summed E-state index contributed by atoms with van der Waals surface area (Å²) in [5, 5.41) is 15.4. The Balaban J connectivity index is 1.76. The number of fused-ring (bicyclic) bond motifs is 1. The first-order valence-corrected chi connectivity index (χ1v) is 7.95. The normalized spacial score (nSPS) is 23.0. The second kappa shape index (κ2) is 6.07. The van der Waals surface area contributed by atoms with Crippen LogP contribution in [-0.2, 0) is 4.79 Å². The van der Waals surface area contributed by atoms with Crippen LogP contribution in [0.1, 0.15) is 17.2 Å². The average molecular weight is 336 g/mol. The van der Waals surface area contributed by atoms with E-state index in [-0.39, 0.29) is 0 Å². The first kappa shape index (κ1) is 15.4. The minimum absolute atomic E-state index is 0.521. The quantitative estimate of drug-likeness (QED) is 0.746. The number of hydrogen-bond donors (Lipinski definition) is 3. The fraction of sp³-hybridized carbons (Fsp3) is 0.158. The minimum atomic E-state index is -1.20. The van der Waals surface area contributed by atoms with Crippen LogP contribution in [0.4, 0.5) is 4.79 Å². The summed E-state index contributed by atoms with van der Waals surface area (Å²) in [5.41, 5.74) is 2.19. The van der Waals surface area contributed by atoms with Crippen molar-refractivity contribution in [2.45, 2.75) is 18.2 Å². The second-order valence-corrected chi connectivity index (χ2v) is 5.98. The number of nitrogens with one attached hydrogen (secondary N) is 2. The van der Waals surface area contributed by atoms with Crippen molar-refractivity contribution in [2.75, 3.05) is 0 Å². The van der Waals surface area contributed by atoms with Crippen LogP contribution >= 0.6 is 0 Å². The van der Waals surface area contributed by atoms with Crippen LogP contribution in [0, 0.1) is 0 Å². The van der Waals surface area contributed by atoms with Gasteiger partial charge in [0, 0.05) is 11.1 Å². The van der Waals surface area contributed by atoms with Crippen molar-refractivity contribution in [3.63, 3.8) is 0 Å². The van der Waals surface area contributed by atoms with E-state index in [1.165, 1.54) is 0 Å². The van der Waals surface area contributed by atoms with Crippen molar-refractivity contribution in [1.29, 1.82) is 0 Å². The summed E-state index contributed by atoms with van der Waals surface area (Å²) >= 11 is 0. The van der Waals surface area contributed by atoms with Gasteiger partial charge in [0.25, 0.3) is 5.91 Å². The van der Waals surface area contributed by atoms with E-state index in [1.54, 1.807) is 0 Å². The Hall–Kier alpha value is -3.12. The highest BCUT2D eigenvalue weighted by Crippen LogP contribution is 2.39. The number of benzene rings is 2. The van der Waals surface area contributed by atoms with Gasteiger partial charge in [-0.15, -0.1) is 0 Å². The molecular formula is C19H16N2O4. The van der Waals surface area contributed by atoms with Gasteiger partial charge in [-0.3, -0.25) is 10.1 Å². The lowest BCUT2D eigenvalue weighted by atomic mass is 9.89. The van der Waals surface area contributed by atoms with Gasteiger partial charge in [0.05, 0.1) is 0 Å². The average Bonchev–Trinajstić information content (AvgIpc) is 2.99. The standard InChI is InChI=1S/C19H16N2O4/c22-16(15-18(23)21-19(24)20-15)13-10-12-8-4-5-9-14(12)25-17(13)11-6-2-1-3-7-11/h1-10,15-17,22H,(H2,20,21,23,24). The highest BCUT2D eigenvalue weighted by atomic mass is 16.5. The van der Waals surface area contributed by atoms with Crippen molar-refractivity contribution >= 4 is 18.0 Å². The molecule has 126 valence electrons. The van der Waals surface area contributed by atoms with Crippen molar-refractivity contribution in [3.8, 4) is 5.75 Å². The van der Waals surface area contributed by atoms with Crippen LogP contribution in [0.25, 0.3) is 6.08 Å². The maximum Gasteiger partial charge on any atom is 0.322 e. The van der Waals surface area contributed by atoms with Crippen LogP contribution in [-0.4, -0.2) is 29.2 Å². The van der Waals surface area contributed by atoms with E-state index in [4.69, 9.17) is 4.74 Å². The molecule has 25 heavy (non-hydrogen) atoms. The van der Waals surface area contributed by atoms with Crippen LogP contribution in [0.2, 0.25) is 0 Å². The van der Waals surface area contributed by atoms with Gasteiger partial charge in [0.2, 0.25) is 0 Å². The smallest absolute Gasteiger partial charge is 0.322 e. The fourth-order valence-electron chi connectivity index (χ4n) is 3.13. The lowest BCUT2D eigenvalue weighted by Gasteiger charge is -2.31. The van der Waals surface area contributed by atoms with Crippen molar-refractivity contribution in [2.24, 2.45) is 0 Å². The number of imide groups is 1. The summed E-state index contributed by atoms with van der Waals surface area (Å²) in [4.78, 5) is 23.3. The number of hydrogen-bond acceptors (Lipinski definition) is 4. The van der Waals surface area contributed by atoms with Gasteiger partial charge in [-0.25, -0.2) is 4.79 Å². The third-order valence-electron chi connectivity index (χ3n) is 4.35. The SMILES string of the molecule is O=C1NC(=O)C(C(O)C2=Cc3ccccc3OC2c2ccccc2)N1. The molecule has 0 bridgehead atoms. The van der Waals surface area contributed by atoms with E-state index in [2.05, 4.69) is 10.6 Å². The zero-order valence-electron chi connectivity index (χ0n) is 13.2. The zero-order valence-corrected chi connectivity index (χ0v) is 13.2. The number of ether oxygens (including phenoxy) is 1. The molecule has 6 heteroatoms. The lowest BCUT2D eigenvalue weighted by molar-refractivity contribution is -0.122. The molecule has 2 aromatic carbocycles. The van der Waals surface area contributed by atoms with Gasteiger partial charge in [0.1, 0.15) is 24.0 Å². The van der Waals surface area contributed by atoms with Crippen LogP contribution < -0.4 is 15.4 Å². The van der Waals surface area contributed by atoms with Crippen LogP contribution in [0.3, 0.4) is 0 Å². The van der Waals surface area contributed by atoms with E-state index in [0.717, 1.165) is 11.1 Å². The highest BCUT2D eigenvalue weighted by Gasteiger charge is 2.40. The topological polar surface area (TPSA) is 87.7 Å². The first-order valence-electron chi connectivity index (χ1n) is 7.95. The molecule has 0 radical (unpaired) electrons. The molecular weight excluding hydrogens is 320 g/mol. The predicted molar refractivity (Wildman–Crippen MR) is 90.7 cm³/mol. The maximum absolute atomic E-state index is 11.9. The Bertz CT molecular complexity index is 863. The van der Waals surface area contributed by atoms with Crippen LogP contribution in [0.15, 0.2) is 60.2 Å². The number of urea groups is 1. The molecule has 3 unspecified atom stereocenters. The van der Waals surface area contributed by atoms with Gasteiger partial charge in [-0.05, 0) is 17.7 Å². The lowest BCUT2D eigenvalue weighted by Crippen LogP contribution is -2.43. The molecule has 3 amide bonds. The molecule has 6 nitrogen and oxygen atoms in total. The number of aliphatic hydroxyl groups is 1. The van der Waals surface area contributed by atoms with Crippen LogP contribution in [0.5, 0.6) is 5.75 Å². The van der Waals surface area contributed by atoms with Gasteiger partial charge >= 0.3 is 6.03 Å². The van der Waals surface area contributed by atoms with Gasteiger partial charge < -0.3 is 15.2 Å². The van der Waals surface area contributed by atoms with Gasteiger partial charge in [-0.1, -0.05) is 48.5 Å². The molecule has 0 aliphatic carbocycles. The van der Waals surface area contributed by atoms with Crippen molar-refractivity contribution < 1.29 is 19.4 Å². The molecule has 3 N–H and O–H groups in total. The summed E-state index contributed by atoms with van der Waals surface area (Å²) in [5.74, 6) is 0.149. The van der Waals surface area contributed by atoms with Gasteiger partial charge in [0.15, 0.2) is 0 Å². The molecule has 2 heterocycles. The molecule has 2 aliphatic heterocycles. The number of amides is 3. The number of aliphatic hydroxyl groups excluding tert-OH is 1. The zero-order chi connectivity index (χ0) is 17.4. The number of para-hydroxylation sites is 1. The van der Waals surface area contributed by atoms with E-state index >= 15 is 0 Å². The molecule has 3 atom stereocenters. The van der Waals surface area contributed by atoms with E-state index < -0.39 is 30.2 Å². The van der Waals surface area contributed by atoms with E-state index in [9.17, 15) is 14.7 Å². The Morgan fingerprint density at radius 1 is 1.00 bits per heavy atom. The molecule has 0 aromatic heterocycles. The summed E-state index contributed by atoms with van der Waals surface area (Å²) in [6.07, 6.45) is 0.0697. The third kappa shape index (κ3) is 2.77. The second-order valence-electron chi connectivity index (χ2n) is 5.98. The largest absolute Gasteiger partial charge is 0.481 e. The Labute approximate surface area is 144 Å². The summed E-state index contributed by atoms with van der Waals surface area (Å²) in [6.45, 7) is 0. The number of carbonyl (C=O) groups excluding carboxylic acids is 2. The van der Waals surface area contributed by atoms with Crippen molar-refractivity contribution in [3.05, 3.63) is 71.3 Å². The third-order valence-corrected chi connectivity index (χ3v) is 4.35. The summed E-state index contributed by atoms with van der Waals surface area (Å²) in [7, 11) is 0. The highest BCUT2D eigenvalue weighted by molar-refractivity contribution is 6.04. The van der Waals surface area contributed by atoms with E-state index in [0.29, 0.717) is 11.3 Å². The molecule has 1 saturated heterocycles. The molecule has 1 fully saturated rings. The van der Waals surface area contributed by atoms with Crippen molar-refractivity contribution in [1.82, 2.24) is 10.6 Å². The number of carbonyl (C=O) groups is 2. The first-order chi connectivity index (χ1) is 12.1. The minimum Gasteiger partial charge on any atom is -0.481 e. The molecule has 2 aliphatic rings. The number of rotatable bonds is 3. The summed E-state index contributed by atoms with van der Waals surface area (Å²) < 4.78 is 6.10. The Morgan fingerprint density at radius 2 is 1.72 bits per heavy atom. The Morgan fingerprint density at radius 3 is 2.44 bits per heavy atom. The molecule has 0 saturated carbocycles.